The second-order valence-electron chi connectivity index (χ2n) is 5.98. The first kappa shape index (κ1) is 14.4. The van der Waals surface area contributed by atoms with Crippen molar-refractivity contribution >= 4 is 17.4 Å². The molecule has 1 aromatic heterocycles. The molecule has 0 saturated heterocycles. The highest BCUT2D eigenvalue weighted by Crippen LogP contribution is 2.31. The van der Waals surface area contributed by atoms with Crippen LogP contribution in [0.15, 0.2) is 23.8 Å². The van der Waals surface area contributed by atoms with Gasteiger partial charge in [-0.1, -0.05) is 44.0 Å². The summed E-state index contributed by atoms with van der Waals surface area (Å²) in [7, 11) is 0. The monoisotopic (exact) mass is 279 g/mol. The third-order valence-corrected chi connectivity index (χ3v) is 3.94. The average molecular weight is 280 g/mol. The highest BCUT2D eigenvalue weighted by Gasteiger charge is 2.22. The molecule has 1 aliphatic rings. The molecular formula is C15H22ClN3. The van der Waals surface area contributed by atoms with Crippen LogP contribution in [0.1, 0.15) is 32.9 Å². The Morgan fingerprint density at radius 2 is 2.11 bits per heavy atom. The number of halogens is 1. The van der Waals surface area contributed by atoms with Crippen LogP contribution in [0.2, 0.25) is 5.02 Å². The number of nitrogens with zero attached hydrogens (tertiary/aromatic N) is 2. The van der Waals surface area contributed by atoms with Gasteiger partial charge in [0.2, 0.25) is 0 Å². The summed E-state index contributed by atoms with van der Waals surface area (Å²) in [6.45, 7) is 9.08. The molecule has 3 nitrogen and oxygen atoms in total. The maximum Gasteiger partial charge on any atom is 0.129 e. The molecular weight excluding hydrogens is 258 g/mol. The van der Waals surface area contributed by atoms with E-state index in [-0.39, 0.29) is 5.41 Å². The van der Waals surface area contributed by atoms with Crippen LogP contribution >= 0.6 is 11.6 Å². The molecule has 0 aromatic carbocycles. The van der Waals surface area contributed by atoms with E-state index in [1.807, 2.05) is 12.1 Å². The van der Waals surface area contributed by atoms with Crippen molar-refractivity contribution < 1.29 is 0 Å². The molecule has 0 fully saturated rings. The maximum absolute atomic E-state index is 6.05. The third-order valence-electron chi connectivity index (χ3n) is 3.59. The lowest BCUT2D eigenvalue weighted by atomic mass is 9.83. The van der Waals surface area contributed by atoms with Gasteiger partial charge in [-0.25, -0.2) is 4.98 Å². The zero-order valence-corrected chi connectivity index (χ0v) is 12.7. The van der Waals surface area contributed by atoms with E-state index in [1.165, 1.54) is 5.57 Å². The molecule has 2 N–H and O–H groups in total. The summed E-state index contributed by atoms with van der Waals surface area (Å²) < 4.78 is 0. The van der Waals surface area contributed by atoms with E-state index in [4.69, 9.17) is 17.3 Å². The first-order chi connectivity index (χ1) is 8.91. The van der Waals surface area contributed by atoms with Gasteiger partial charge in [0.25, 0.3) is 0 Å². The fraction of sp³-hybridized carbons (Fsp3) is 0.533. The second-order valence-corrected chi connectivity index (χ2v) is 6.38. The molecule has 104 valence electrons. The van der Waals surface area contributed by atoms with Gasteiger partial charge < -0.3 is 10.6 Å². The predicted molar refractivity (Wildman–Crippen MR) is 81.5 cm³/mol. The zero-order valence-electron chi connectivity index (χ0n) is 11.9. The van der Waals surface area contributed by atoms with Crippen LogP contribution in [-0.2, 0) is 6.54 Å². The Morgan fingerprint density at radius 1 is 1.37 bits per heavy atom. The van der Waals surface area contributed by atoms with Crippen LogP contribution in [0, 0.1) is 5.41 Å². The smallest absolute Gasteiger partial charge is 0.129 e. The molecule has 0 radical (unpaired) electrons. The topological polar surface area (TPSA) is 42.1 Å². The molecule has 0 aliphatic carbocycles. The highest BCUT2D eigenvalue weighted by atomic mass is 35.5. The fourth-order valence-electron chi connectivity index (χ4n) is 2.35. The lowest BCUT2D eigenvalue weighted by molar-refractivity contribution is 0.472. The van der Waals surface area contributed by atoms with E-state index < -0.39 is 0 Å². The van der Waals surface area contributed by atoms with Gasteiger partial charge in [0.05, 0.1) is 10.7 Å². The second kappa shape index (κ2) is 5.51. The predicted octanol–water partition coefficient (Wildman–Crippen LogP) is 3.38. The van der Waals surface area contributed by atoms with Crippen LogP contribution in [0.5, 0.6) is 0 Å². The molecule has 0 unspecified atom stereocenters. The average Bonchev–Trinajstić information content (AvgIpc) is 2.38. The van der Waals surface area contributed by atoms with Gasteiger partial charge in [-0.2, -0.15) is 0 Å². The molecule has 0 bridgehead atoms. The van der Waals surface area contributed by atoms with Crippen LogP contribution < -0.4 is 10.6 Å². The summed E-state index contributed by atoms with van der Waals surface area (Å²) in [6, 6.07) is 3.85. The lowest BCUT2D eigenvalue weighted by Gasteiger charge is -2.33. The van der Waals surface area contributed by atoms with Crippen molar-refractivity contribution in [2.24, 2.45) is 11.1 Å². The first-order valence-corrected chi connectivity index (χ1v) is 7.09. The van der Waals surface area contributed by atoms with Gasteiger partial charge in [-0.05, 0) is 24.0 Å². The van der Waals surface area contributed by atoms with Gasteiger partial charge in [0.1, 0.15) is 5.82 Å². The van der Waals surface area contributed by atoms with E-state index in [1.54, 1.807) is 0 Å². The number of pyridine rings is 1. The number of rotatable bonds is 2. The molecule has 2 heterocycles. The number of hydrogen-bond donors (Lipinski definition) is 1. The normalized spacial score (nSPS) is 16.5. The Morgan fingerprint density at radius 3 is 2.63 bits per heavy atom. The minimum Gasteiger partial charge on any atom is -0.353 e. The zero-order chi connectivity index (χ0) is 14.0. The summed E-state index contributed by atoms with van der Waals surface area (Å²) in [5.74, 6) is 0.967. The number of anilines is 1. The molecule has 0 spiro atoms. The van der Waals surface area contributed by atoms with E-state index in [0.717, 1.165) is 31.0 Å². The maximum atomic E-state index is 6.05. The van der Waals surface area contributed by atoms with Crippen LogP contribution in [0.25, 0.3) is 0 Å². The van der Waals surface area contributed by atoms with Gasteiger partial charge in [0.15, 0.2) is 0 Å². The van der Waals surface area contributed by atoms with Crippen LogP contribution in [-0.4, -0.2) is 18.1 Å². The number of nitrogens with two attached hydrogens (primary N) is 1. The van der Waals surface area contributed by atoms with E-state index >= 15 is 0 Å². The van der Waals surface area contributed by atoms with Crippen molar-refractivity contribution in [3.63, 3.8) is 0 Å². The van der Waals surface area contributed by atoms with Gasteiger partial charge in [-0.3, -0.25) is 0 Å². The van der Waals surface area contributed by atoms with Crippen molar-refractivity contribution in [1.82, 2.24) is 4.98 Å². The van der Waals surface area contributed by atoms with Crippen molar-refractivity contribution in [3.05, 3.63) is 34.5 Å². The minimum absolute atomic E-state index is 0.266. The Kier molecular flexibility index (Phi) is 4.16. The Bertz CT molecular complexity index is 489. The Balaban J connectivity index is 2.16. The van der Waals surface area contributed by atoms with Crippen molar-refractivity contribution in [2.75, 3.05) is 18.0 Å². The lowest BCUT2D eigenvalue weighted by Crippen LogP contribution is -2.32. The third kappa shape index (κ3) is 3.28. The Hall–Kier alpha value is -1.06. The quantitative estimate of drug-likeness (QED) is 0.844. The molecule has 2 rings (SSSR count). The minimum atomic E-state index is 0.266. The summed E-state index contributed by atoms with van der Waals surface area (Å²) in [4.78, 5) is 6.81. The molecule has 0 amide bonds. The summed E-state index contributed by atoms with van der Waals surface area (Å²) in [5, 5.41) is 0.647. The van der Waals surface area contributed by atoms with Crippen molar-refractivity contribution in [3.8, 4) is 0 Å². The number of hydrogen-bond acceptors (Lipinski definition) is 3. The summed E-state index contributed by atoms with van der Waals surface area (Å²) >= 11 is 6.05. The van der Waals surface area contributed by atoms with E-state index in [0.29, 0.717) is 11.6 Å². The molecule has 19 heavy (non-hydrogen) atoms. The highest BCUT2D eigenvalue weighted by molar-refractivity contribution is 6.31. The van der Waals surface area contributed by atoms with Crippen LogP contribution in [0.3, 0.4) is 0 Å². The van der Waals surface area contributed by atoms with Crippen molar-refractivity contribution in [2.45, 2.75) is 33.7 Å². The summed E-state index contributed by atoms with van der Waals surface area (Å²) in [5.41, 5.74) is 8.21. The fourth-order valence-corrected chi connectivity index (χ4v) is 2.53. The molecule has 4 heteroatoms. The molecule has 1 aromatic rings. The SMILES string of the molecule is CC(C)(C)C1=CCN(c2ccc(Cl)c(CN)n2)CC1. The van der Waals surface area contributed by atoms with Crippen molar-refractivity contribution in [1.29, 1.82) is 0 Å². The van der Waals surface area contributed by atoms with Crippen LogP contribution in [0.4, 0.5) is 5.82 Å². The molecule has 0 saturated carbocycles. The van der Waals surface area contributed by atoms with Gasteiger partial charge in [0, 0.05) is 19.6 Å². The standard InChI is InChI=1S/C15H22ClN3/c1-15(2,3)11-6-8-19(9-7-11)14-5-4-12(16)13(10-17)18-14/h4-6H,7-10,17H2,1-3H3. The first-order valence-electron chi connectivity index (χ1n) is 6.72. The van der Waals surface area contributed by atoms with E-state index in [2.05, 4.69) is 36.7 Å². The molecule has 0 atom stereocenters. The summed E-state index contributed by atoms with van der Waals surface area (Å²) in [6.07, 6.45) is 3.41. The Labute approximate surface area is 120 Å². The van der Waals surface area contributed by atoms with Gasteiger partial charge in [-0.15, -0.1) is 0 Å². The van der Waals surface area contributed by atoms with E-state index in [9.17, 15) is 0 Å². The van der Waals surface area contributed by atoms with Gasteiger partial charge >= 0.3 is 0 Å². The number of aromatic nitrogens is 1. The largest absolute Gasteiger partial charge is 0.353 e. The molecule has 1 aliphatic heterocycles.